The average molecular weight is 914 g/mol. The van der Waals surface area contributed by atoms with Gasteiger partial charge in [-0.05, 0) is 79.1 Å². The zero-order valence-corrected chi connectivity index (χ0v) is 39.5. The molecule has 6 aliphatic rings. The zero-order valence-electron chi connectivity index (χ0n) is 37.0. The first-order valence-corrected chi connectivity index (χ1v) is 23.1. The third-order valence-corrected chi connectivity index (χ3v) is 12.7. The molecule has 326 valence electrons. The summed E-state index contributed by atoms with van der Waals surface area (Å²) in [5, 5.41) is 0. The number of hydrogen-bond acceptors (Lipinski definition) is 0. The van der Waals surface area contributed by atoms with Crippen LogP contribution >= 0.6 is 0 Å². The first-order chi connectivity index (χ1) is 28.5. The van der Waals surface area contributed by atoms with E-state index in [0.717, 1.165) is 48.4 Å². The Hall–Kier alpha value is -3.31. The number of halogens is 6. The molecular weight excluding hydrogens is 854 g/mol. The van der Waals surface area contributed by atoms with Crippen molar-refractivity contribution >= 4 is 4.21 Å². The third kappa shape index (κ3) is 12.9. The summed E-state index contributed by atoms with van der Waals surface area (Å²) in [5.74, 6) is 3.82. The number of allylic oxidation sites excluding steroid dienone is 4. The first kappa shape index (κ1) is 48.7. The van der Waals surface area contributed by atoms with Gasteiger partial charge in [-0.15, -0.1) is 5.56 Å². The van der Waals surface area contributed by atoms with Gasteiger partial charge in [-0.3, -0.25) is 6.08 Å². The van der Waals surface area contributed by atoms with Gasteiger partial charge in [0.2, 0.25) is 0 Å². The zero-order chi connectivity index (χ0) is 45.0. The number of fused-ring (bicyclic) bond motifs is 3. The van der Waals surface area contributed by atoms with E-state index < -0.39 is 23.5 Å². The number of alkyl halides is 6. The van der Waals surface area contributed by atoms with Crippen LogP contribution in [0.25, 0.3) is 11.1 Å². The molecule has 0 amide bonds. The fraction of sp³-hybridized carbons (Fsp3) is 0.463. The summed E-state index contributed by atoms with van der Waals surface area (Å²) in [5.41, 5.74) is 11.2. The maximum atomic E-state index is 11.8. The Morgan fingerprint density at radius 2 is 1.16 bits per heavy atom. The van der Waals surface area contributed by atoms with Crippen molar-refractivity contribution in [3.05, 3.63) is 154 Å². The predicted molar refractivity (Wildman–Crippen MR) is 233 cm³/mol. The molecule has 4 bridgehead atoms. The van der Waals surface area contributed by atoms with Gasteiger partial charge in [0.15, 0.2) is 0 Å². The molecule has 0 aliphatic heterocycles. The molecule has 0 nitrogen and oxygen atoms in total. The van der Waals surface area contributed by atoms with E-state index in [4.69, 9.17) is 0 Å². The van der Waals surface area contributed by atoms with E-state index in [1.165, 1.54) is 93.9 Å². The van der Waals surface area contributed by atoms with Gasteiger partial charge in [0.05, 0.1) is 0 Å². The van der Waals surface area contributed by atoms with E-state index in [2.05, 4.69) is 120 Å². The van der Waals surface area contributed by atoms with E-state index in [-0.39, 0.29) is 10.8 Å². The normalized spacial score (nSPS) is 23.2. The quantitative estimate of drug-likeness (QED) is 0.122. The van der Waals surface area contributed by atoms with Crippen molar-refractivity contribution in [1.29, 1.82) is 0 Å². The van der Waals surface area contributed by atoms with E-state index in [1.807, 2.05) is 0 Å². The van der Waals surface area contributed by atoms with Crippen LogP contribution in [0.4, 0.5) is 26.3 Å². The van der Waals surface area contributed by atoms with E-state index in [1.54, 1.807) is 44.1 Å². The molecule has 0 radical (unpaired) electrons. The summed E-state index contributed by atoms with van der Waals surface area (Å²) in [6.45, 7) is 18.2. The fourth-order valence-electron chi connectivity index (χ4n) is 10.1. The molecule has 4 aromatic carbocycles. The second-order valence-corrected chi connectivity index (χ2v) is 19.8. The molecule has 0 heterocycles. The molecule has 0 spiro atoms. The number of rotatable bonds is 2. The summed E-state index contributed by atoms with van der Waals surface area (Å²) < 4.78 is 73.9. The minimum atomic E-state index is -4.24. The molecular formula is C54H60F6Zr-4. The van der Waals surface area contributed by atoms with Crippen LogP contribution in [-0.4, -0.2) is 4.21 Å². The van der Waals surface area contributed by atoms with Crippen molar-refractivity contribution in [3.8, 4) is 11.1 Å². The summed E-state index contributed by atoms with van der Waals surface area (Å²) >= 11 is 1.30. The van der Waals surface area contributed by atoms with Crippen LogP contribution in [0.5, 0.6) is 0 Å². The van der Waals surface area contributed by atoms with Crippen LogP contribution in [0.15, 0.2) is 96.1 Å². The number of hydrogen-bond donors (Lipinski definition) is 0. The molecule has 6 aliphatic carbocycles. The topological polar surface area (TPSA) is 0 Å². The van der Waals surface area contributed by atoms with E-state index in [0.29, 0.717) is 11.3 Å². The molecule has 0 saturated heterocycles. The average Bonchev–Trinajstić information content (AvgIpc) is 3.71. The molecule has 0 aromatic heterocycles. The Bertz CT molecular complexity index is 1980. The maximum absolute atomic E-state index is 11.8. The van der Waals surface area contributed by atoms with Crippen LogP contribution in [-0.2, 0) is 53.8 Å². The summed E-state index contributed by atoms with van der Waals surface area (Å²) in [6, 6.07) is 29.1. The van der Waals surface area contributed by atoms with Gasteiger partial charge in [-0.2, -0.15) is 128 Å². The molecule has 4 fully saturated rings. The Kier molecular flexibility index (Phi) is 15.7. The van der Waals surface area contributed by atoms with Crippen molar-refractivity contribution in [2.24, 2.45) is 29.1 Å². The van der Waals surface area contributed by atoms with E-state index >= 15 is 0 Å². The molecule has 61 heavy (non-hydrogen) atoms. The van der Waals surface area contributed by atoms with Crippen molar-refractivity contribution < 1.29 is 50.6 Å². The summed E-state index contributed by atoms with van der Waals surface area (Å²) in [6.07, 6.45) is 9.29. The molecule has 10 rings (SSSR count). The Morgan fingerprint density at radius 3 is 1.56 bits per heavy atom. The van der Waals surface area contributed by atoms with Crippen LogP contribution in [0.2, 0.25) is 0 Å². The van der Waals surface area contributed by atoms with Crippen molar-refractivity contribution in [1.82, 2.24) is 0 Å². The van der Waals surface area contributed by atoms with Crippen LogP contribution in [0.3, 0.4) is 0 Å². The second kappa shape index (κ2) is 19.6. The van der Waals surface area contributed by atoms with Gasteiger partial charge in [-0.25, -0.2) is 5.57 Å². The Morgan fingerprint density at radius 1 is 0.672 bits per heavy atom. The molecule has 4 saturated carbocycles. The van der Waals surface area contributed by atoms with Gasteiger partial charge >= 0.3 is 40.8 Å². The summed E-state index contributed by atoms with van der Waals surface area (Å²) in [4.78, 5) is 0. The van der Waals surface area contributed by atoms with Gasteiger partial charge in [-0.1, -0.05) is 114 Å². The monoisotopic (exact) mass is 912 g/mol. The standard InChI is InChI=1S/C21H25.C18H25.2C7H4F3.CH2.Zr/c1-20(2,3)16-9-7-14-11-15-8-10-17(21(4,5)6)13-19(15)18(14)12-16;1-12-3-13(2)17(4-12)11-18-8-14-5-15(9-18)7-16(6-14)10-18;2*8-7(9,10)6-4-2-1-3-5-6;;/h7,9-10,12-13H,11H2,1-6H3;4,12,14-16H,5-11H2,1-2H3;2*1-2,4-5H;1H2;/q4*-1;;. The van der Waals surface area contributed by atoms with Crippen molar-refractivity contribution in [2.45, 2.75) is 130 Å². The first-order valence-electron chi connectivity index (χ1n) is 21.4. The molecule has 0 N–H and O–H groups in total. The van der Waals surface area contributed by atoms with Crippen molar-refractivity contribution in [2.75, 3.05) is 0 Å². The van der Waals surface area contributed by atoms with Crippen LogP contribution in [0, 0.1) is 53.4 Å². The van der Waals surface area contributed by atoms with Gasteiger partial charge < -0.3 is 0 Å². The molecule has 4 aromatic rings. The SMILES string of the molecule is CC(C)(C)c1c[c-]c2c(c1)-c1cc(C(C)(C)C)ccc1C2.CC1=[C-]C(C)C=C1CC12CC3CC(CC(C3)C1)C2.FC(F)(F)c1c[c-]ccc1.FC(F)(F)c1c[c-]ccc1.[CH2]=[Zr]. The van der Waals surface area contributed by atoms with Crippen LogP contribution in [0.1, 0.15) is 134 Å². The third-order valence-electron chi connectivity index (χ3n) is 12.7. The van der Waals surface area contributed by atoms with Gasteiger partial charge in [0.1, 0.15) is 0 Å². The molecule has 7 heteroatoms. The Balaban J connectivity index is 0.000000160. The second-order valence-electron chi connectivity index (χ2n) is 19.8. The number of benzene rings is 4. The molecule has 1 unspecified atom stereocenters. The van der Waals surface area contributed by atoms with Gasteiger partial charge in [0, 0.05) is 0 Å². The minimum absolute atomic E-state index is 0.177. The predicted octanol–water partition coefficient (Wildman–Crippen LogP) is 15.5. The molecule has 1 atom stereocenters. The van der Waals surface area contributed by atoms with Crippen molar-refractivity contribution in [3.63, 3.8) is 0 Å². The van der Waals surface area contributed by atoms with E-state index in [9.17, 15) is 26.3 Å². The fourth-order valence-corrected chi connectivity index (χ4v) is 10.1. The Labute approximate surface area is 376 Å². The van der Waals surface area contributed by atoms with Crippen LogP contribution < -0.4 is 0 Å². The summed E-state index contributed by atoms with van der Waals surface area (Å²) in [7, 11) is 0. The van der Waals surface area contributed by atoms with Gasteiger partial charge in [0.25, 0.3) is 0 Å².